The summed E-state index contributed by atoms with van der Waals surface area (Å²) in [7, 11) is 0. The molecule has 0 aromatic heterocycles. The lowest BCUT2D eigenvalue weighted by Crippen LogP contribution is -2.08. The van der Waals surface area contributed by atoms with Gasteiger partial charge in [0.2, 0.25) is 0 Å². The third kappa shape index (κ3) is 3.76. The summed E-state index contributed by atoms with van der Waals surface area (Å²) in [6.07, 6.45) is -4.54. The number of alkyl halides is 3. The molecule has 112 valence electrons. The number of aliphatic hydroxyl groups is 1. The number of aliphatic hydroxyl groups excluding tert-OH is 1. The van der Waals surface area contributed by atoms with Crippen LogP contribution < -0.4 is 4.74 Å². The van der Waals surface area contributed by atoms with Crippen LogP contribution in [0, 0.1) is 13.8 Å². The van der Waals surface area contributed by atoms with E-state index in [9.17, 15) is 13.2 Å². The molecule has 0 atom stereocenters. The SMILES string of the molecule is Cc1cc(C)cc(Oc2ccc(CO)cc2C(F)(F)F)c1. The summed E-state index contributed by atoms with van der Waals surface area (Å²) in [6, 6.07) is 8.80. The van der Waals surface area contributed by atoms with Gasteiger partial charge in [0.25, 0.3) is 0 Å². The van der Waals surface area contributed by atoms with E-state index in [1.54, 1.807) is 12.1 Å². The number of halogens is 3. The van der Waals surface area contributed by atoms with Gasteiger partial charge in [-0.05, 0) is 54.8 Å². The van der Waals surface area contributed by atoms with Crippen LogP contribution in [0.15, 0.2) is 36.4 Å². The van der Waals surface area contributed by atoms with Crippen LogP contribution in [0.1, 0.15) is 22.3 Å². The van der Waals surface area contributed by atoms with Crippen molar-refractivity contribution < 1.29 is 23.0 Å². The lowest BCUT2D eigenvalue weighted by Gasteiger charge is -2.15. The van der Waals surface area contributed by atoms with E-state index in [1.165, 1.54) is 12.1 Å². The molecular formula is C16H15F3O2. The van der Waals surface area contributed by atoms with Crippen molar-refractivity contribution in [2.24, 2.45) is 0 Å². The third-order valence-corrected chi connectivity index (χ3v) is 2.95. The number of aryl methyl sites for hydroxylation is 2. The molecule has 0 heterocycles. The van der Waals surface area contributed by atoms with Gasteiger partial charge in [-0.25, -0.2) is 0 Å². The Morgan fingerprint density at radius 2 is 1.62 bits per heavy atom. The summed E-state index contributed by atoms with van der Waals surface area (Å²) in [5, 5.41) is 8.97. The summed E-state index contributed by atoms with van der Waals surface area (Å²) in [6.45, 7) is 3.24. The van der Waals surface area contributed by atoms with Crippen molar-refractivity contribution in [2.45, 2.75) is 26.6 Å². The van der Waals surface area contributed by atoms with Gasteiger partial charge in [-0.15, -0.1) is 0 Å². The van der Waals surface area contributed by atoms with Gasteiger partial charge >= 0.3 is 6.18 Å². The standard InChI is InChI=1S/C16H15F3O2/c1-10-5-11(2)7-13(6-10)21-15-4-3-12(9-20)8-14(15)16(17,18)19/h3-8,20H,9H2,1-2H3. The molecule has 1 N–H and O–H groups in total. The molecule has 0 amide bonds. The highest BCUT2D eigenvalue weighted by Crippen LogP contribution is 2.39. The van der Waals surface area contributed by atoms with Gasteiger partial charge in [0.1, 0.15) is 11.5 Å². The molecule has 21 heavy (non-hydrogen) atoms. The Kier molecular flexibility index (Phi) is 4.23. The first-order valence-corrected chi connectivity index (χ1v) is 6.37. The van der Waals surface area contributed by atoms with Gasteiger partial charge in [-0.2, -0.15) is 13.2 Å². The smallest absolute Gasteiger partial charge is 0.419 e. The molecule has 2 rings (SSSR count). The minimum atomic E-state index is -4.54. The Labute approximate surface area is 120 Å². The van der Waals surface area contributed by atoms with Crippen molar-refractivity contribution in [3.05, 3.63) is 58.7 Å². The van der Waals surface area contributed by atoms with Gasteiger partial charge in [-0.1, -0.05) is 12.1 Å². The second kappa shape index (κ2) is 5.77. The normalized spacial score (nSPS) is 11.5. The van der Waals surface area contributed by atoms with E-state index in [-0.39, 0.29) is 11.3 Å². The first kappa shape index (κ1) is 15.4. The molecule has 0 bridgehead atoms. The van der Waals surface area contributed by atoms with E-state index < -0.39 is 18.3 Å². The first-order chi connectivity index (χ1) is 9.79. The maximum absolute atomic E-state index is 13.1. The fourth-order valence-electron chi connectivity index (χ4n) is 2.10. The highest BCUT2D eigenvalue weighted by molar-refractivity contribution is 5.43. The molecule has 0 spiro atoms. The molecule has 2 nitrogen and oxygen atoms in total. The molecule has 2 aromatic rings. The van der Waals surface area contributed by atoms with Gasteiger partial charge in [-0.3, -0.25) is 0 Å². The summed E-state index contributed by atoms with van der Waals surface area (Å²) < 4.78 is 44.6. The zero-order valence-corrected chi connectivity index (χ0v) is 11.7. The number of hydrogen-bond acceptors (Lipinski definition) is 2. The van der Waals surface area contributed by atoms with Crippen molar-refractivity contribution in [3.63, 3.8) is 0 Å². The molecule has 0 aliphatic rings. The van der Waals surface area contributed by atoms with Crippen LogP contribution in [0.4, 0.5) is 13.2 Å². The minimum absolute atomic E-state index is 0.190. The Morgan fingerprint density at radius 3 is 2.14 bits per heavy atom. The molecule has 0 radical (unpaired) electrons. The lowest BCUT2D eigenvalue weighted by molar-refractivity contribution is -0.138. The van der Waals surface area contributed by atoms with Gasteiger partial charge in [0.15, 0.2) is 0 Å². The molecule has 0 saturated heterocycles. The van der Waals surface area contributed by atoms with Crippen LogP contribution in [0.5, 0.6) is 11.5 Å². The zero-order valence-electron chi connectivity index (χ0n) is 11.7. The fraction of sp³-hybridized carbons (Fsp3) is 0.250. The van der Waals surface area contributed by atoms with Crippen LogP contribution in [0.25, 0.3) is 0 Å². The van der Waals surface area contributed by atoms with E-state index in [0.717, 1.165) is 17.2 Å². The van der Waals surface area contributed by atoms with Crippen molar-refractivity contribution in [3.8, 4) is 11.5 Å². The average Bonchev–Trinajstić information content (AvgIpc) is 2.36. The van der Waals surface area contributed by atoms with Crippen molar-refractivity contribution in [1.82, 2.24) is 0 Å². The van der Waals surface area contributed by atoms with E-state index in [0.29, 0.717) is 5.75 Å². The quantitative estimate of drug-likeness (QED) is 0.896. The fourth-order valence-corrected chi connectivity index (χ4v) is 2.10. The molecule has 2 aromatic carbocycles. The Bertz CT molecular complexity index is 628. The molecule has 0 aliphatic carbocycles. The second-order valence-corrected chi connectivity index (χ2v) is 4.91. The van der Waals surface area contributed by atoms with E-state index in [4.69, 9.17) is 9.84 Å². The van der Waals surface area contributed by atoms with Crippen molar-refractivity contribution >= 4 is 0 Å². The van der Waals surface area contributed by atoms with Crippen molar-refractivity contribution in [1.29, 1.82) is 0 Å². The molecule has 0 unspecified atom stereocenters. The number of hydrogen-bond donors (Lipinski definition) is 1. The molecule has 0 fully saturated rings. The van der Waals surface area contributed by atoms with Crippen LogP contribution in [-0.4, -0.2) is 5.11 Å². The van der Waals surface area contributed by atoms with Crippen LogP contribution >= 0.6 is 0 Å². The molecule has 0 aliphatic heterocycles. The zero-order chi connectivity index (χ0) is 15.6. The highest BCUT2D eigenvalue weighted by atomic mass is 19.4. The lowest BCUT2D eigenvalue weighted by atomic mass is 10.1. The predicted octanol–water partition coefficient (Wildman–Crippen LogP) is 4.61. The molecule has 5 heteroatoms. The largest absolute Gasteiger partial charge is 0.457 e. The third-order valence-electron chi connectivity index (χ3n) is 2.95. The Balaban J connectivity index is 2.43. The second-order valence-electron chi connectivity index (χ2n) is 4.91. The van der Waals surface area contributed by atoms with Gasteiger partial charge in [0, 0.05) is 0 Å². The summed E-state index contributed by atoms with van der Waals surface area (Å²) in [4.78, 5) is 0. The van der Waals surface area contributed by atoms with E-state index in [2.05, 4.69) is 0 Å². The minimum Gasteiger partial charge on any atom is -0.457 e. The van der Waals surface area contributed by atoms with Crippen LogP contribution in [-0.2, 0) is 12.8 Å². The maximum atomic E-state index is 13.1. The van der Waals surface area contributed by atoms with Crippen LogP contribution in [0.2, 0.25) is 0 Å². The maximum Gasteiger partial charge on any atom is 0.419 e. The highest BCUT2D eigenvalue weighted by Gasteiger charge is 2.34. The Hall–Kier alpha value is -2.01. The van der Waals surface area contributed by atoms with Crippen LogP contribution in [0.3, 0.4) is 0 Å². The molecular weight excluding hydrogens is 281 g/mol. The van der Waals surface area contributed by atoms with E-state index in [1.807, 2.05) is 19.9 Å². The monoisotopic (exact) mass is 296 g/mol. The number of ether oxygens (including phenoxy) is 1. The predicted molar refractivity (Wildman–Crippen MR) is 73.4 cm³/mol. The summed E-state index contributed by atoms with van der Waals surface area (Å²) in [5.74, 6) is 0.0828. The summed E-state index contributed by atoms with van der Waals surface area (Å²) in [5.41, 5.74) is 1.11. The first-order valence-electron chi connectivity index (χ1n) is 6.37. The van der Waals surface area contributed by atoms with Crippen molar-refractivity contribution in [2.75, 3.05) is 0 Å². The number of rotatable bonds is 3. The average molecular weight is 296 g/mol. The number of benzene rings is 2. The Morgan fingerprint density at radius 1 is 1.00 bits per heavy atom. The summed E-state index contributed by atoms with van der Waals surface area (Å²) >= 11 is 0. The van der Waals surface area contributed by atoms with Gasteiger partial charge in [0.05, 0.1) is 12.2 Å². The van der Waals surface area contributed by atoms with Gasteiger partial charge < -0.3 is 9.84 Å². The molecule has 0 saturated carbocycles. The van der Waals surface area contributed by atoms with E-state index >= 15 is 0 Å². The topological polar surface area (TPSA) is 29.5 Å².